The molecule has 0 saturated carbocycles. The van der Waals surface area contributed by atoms with Gasteiger partial charge in [-0.05, 0) is 43.7 Å². The second-order valence-corrected chi connectivity index (χ2v) is 5.73. The van der Waals surface area contributed by atoms with E-state index in [1.807, 2.05) is 26.0 Å². The number of aryl methyl sites for hydroxylation is 1. The van der Waals surface area contributed by atoms with Gasteiger partial charge in [0.05, 0.1) is 16.3 Å². The molecule has 104 valence electrons. The van der Waals surface area contributed by atoms with Crippen molar-refractivity contribution < 1.29 is 9.90 Å². The lowest BCUT2D eigenvalue weighted by atomic mass is 10.2. The quantitative estimate of drug-likeness (QED) is 0.656. The van der Waals surface area contributed by atoms with Gasteiger partial charge in [0, 0.05) is 5.02 Å². The van der Waals surface area contributed by atoms with Crippen LogP contribution in [0.3, 0.4) is 0 Å². The second-order valence-electron chi connectivity index (χ2n) is 4.24. The first kappa shape index (κ1) is 14.6. The minimum absolute atomic E-state index is 0.299. The standard InChI is InChI=1S/C14H13ClN2O2S/c1-8-3-4-10(7-11(8)15)17-16-9(2)12-5-6-13(20-12)14(18)19/h3-7,17H,1-2H3,(H,18,19)/b16-9-. The van der Waals surface area contributed by atoms with Crippen LogP contribution in [0.1, 0.15) is 27.0 Å². The van der Waals surface area contributed by atoms with Gasteiger partial charge in [0.25, 0.3) is 0 Å². The van der Waals surface area contributed by atoms with Crippen LogP contribution in [0.2, 0.25) is 5.02 Å². The molecule has 0 spiro atoms. The van der Waals surface area contributed by atoms with Gasteiger partial charge >= 0.3 is 5.97 Å². The predicted molar refractivity (Wildman–Crippen MR) is 83.3 cm³/mol. The van der Waals surface area contributed by atoms with Crippen molar-refractivity contribution in [3.05, 3.63) is 50.7 Å². The number of anilines is 1. The molecule has 2 aromatic rings. The Morgan fingerprint density at radius 1 is 1.30 bits per heavy atom. The number of benzene rings is 1. The average molecular weight is 309 g/mol. The zero-order valence-electron chi connectivity index (χ0n) is 11.0. The molecular weight excluding hydrogens is 296 g/mol. The minimum Gasteiger partial charge on any atom is -0.477 e. The highest BCUT2D eigenvalue weighted by Gasteiger charge is 2.08. The number of nitrogens with zero attached hydrogens (tertiary/aromatic N) is 1. The van der Waals surface area contributed by atoms with Crippen LogP contribution < -0.4 is 5.43 Å². The van der Waals surface area contributed by atoms with Gasteiger partial charge in [0.15, 0.2) is 0 Å². The van der Waals surface area contributed by atoms with E-state index in [1.54, 1.807) is 18.2 Å². The fourth-order valence-corrected chi connectivity index (χ4v) is 2.48. The highest BCUT2D eigenvalue weighted by molar-refractivity contribution is 7.15. The SMILES string of the molecule is C/C(=N/Nc1ccc(C)c(Cl)c1)c1ccc(C(=O)O)s1. The van der Waals surface area contributed by atoms with Crippen molar-refractivity contribution in [2.75, 3.05) is 5.43 Å². The van der Waals surface area contributed by atoms with Crippen LogP contribution in [0.4, 0.5) is 5.69 Å². The number of halogens is 1. The Hall–Kier alpha value is -1.85. The smallest absolute Gasteiger partial charge is 0.345 e. The lowest BCUT2D eigenvalue weighted by Crippen LogP contribution is -1.97. The molecule has 20 heavy (non-hydrogen) atoms. The third-order valence-corrected chi connectivity index (χ3v) is 4.29. The number of carbonyl (C=O) groups is 1. The zero-order chi connectivity index (χ0) is 14.7. The molecule has 2 rings (SSSR count). The summed E-state index contributed by atoms with van der Waals surface area (Å²) in [5.74, 6) is -0.924. The Morgan fingerprint density at radius 3 is 2.60 bits per heavy atom. The molecule has 4 nitrogen and oxygen atoms in total. The third kappa shape index (κ3) is 3.37. The molecule has 0 unspecified atom stereocenters. The van der Waals surface area contributed by atoms with E-state index in [1.165, 1.54) is 11.3 Å². The van der Waals surface area contributed by atoms with Crippen LogP contribution in [0, 0.1) is 6.92 Å². The van der Waals surface area contributed by atoms with Gasteiger partial charge in [-0.1, -0.05) is 17.7 Å². The van der Waals surface area contributed by atoms with E-state index in [2.05, 4.69) is 10.5 Å². The van der Waals surface area contributed by atoms with Crippen LogP contribution >= 0.6 is 22.9 Å². The van der Waals surface area contributed by atoms with Crippen molar-refractivity contribution in [2.45, 2.75) is 13.8 Å². The summed E-state index contributed by atoms with van der Waals surface area (Å²) < 4.78 is 0. The normalized spacial score (nSPS) is 11.4. The molecule has 2 N–H and O–H groups in total. The molecule has 0 bridgehead atoms. The van der Waals surface area contributed by atoms with Crippen molar-refractivity contribution in [3.63, 3.8) is 0 Å². The first-order chi connectivity index (χ1) is 9.47. The molecule has 0 radical (unpaired) electrons. The Morgan fingerprint density at radius 2 is 2.00 bits per heavy atom. The molecule has 0 aliphatic rings. The highest BCUT2D eigenvalue weighted by Crippen LogP contribution is 2.21. The lowest BCUT2D eigenvalue weighted by molar-refractivity contribution is 0.0702. The van der Waals surface area contributed by atoms with Crippen molar-refractivity contribution in [1.82, 2.24) is 0 Å². The predicted octanol–water partition coefficient (Wildman–Crippen LogP) is 4.24. The number of carboxylic acid groups (broad SMARTS) is 1. The molecular formula is C14H13ClN2O2S. The van der Waals surface area contributed by atoms with Gasteiger partial charge in [0.1, 0.15) is 4.88 Å². The maximum absolute atomic E-state index is 10.8. The Bertz CT molecular complexity index is 680. The van der Waals surface area contributed by atoms with Crippen molar-refractivity contribution in [2.24, 2.45) is 5.10 Å². The van der Waals surface area contributed by atoms with Crippen molar-refractivity contribution in [3.8, 4) is 0 Å². The van der Waals surface area contributed by atoms with E-state index in [0.29, 0.717) is 9.90 Å². The van der Waals surface area contributed by atoms with Gasteiger partial charge in [-0.15, -0.1) is 11.3 Å². The van der Waals surface area contributed by atoms with E-state index >= 15 is 0 Å². The second kappa shape index (κ2) is 6.07. The molecule has 0 aliphatic heterocycles. The summed E-state index contributed by atoms with van der Waals surface area (Å²) in [4.78, 5) is 11.9. The maximum atomic E-state index is 10.8. The van der Waals surface area contributed by atoms with E-state index in [-0.39, 0.29) is 0 Å². The third-order valence-electron chi connectivity index (χ3n) is 2.70. The first-order valence-electron chi connectivity index (χ1n) is 5.87. The summed E-state index contributed by atoms with van der Waals surface area (Å²) in [6, 6.07) is 8.91. The largest absolute Gasteiger partial charge is 0.477 e. The summed E-state index contributed by atoms with van der Waals surface area (Å²) in [6.45, 7) is 3.75. The molecule has 0 fully saturated rings. The summed E-state index contributed by atoms with van der Waals surface area (Å²) in [7, 11) is 0. The summed E-state index contributed by atoms with van der Waals surface area (Å²) in [5, 5.41) is 13.8. The topological polar surface area (TPSA) is 61.7 Å². The number of hydrogen-bond donors (Lipinski definition) is 2. The first-order valence-corrected chi connectivity index (χ1v) is 7.07. The van der Waals surface area contributed by atoms with E-state index in [4.69, 9.17) is 16.7 Å². The molecule has 0 aliphatic carbocycles. The van der Waals surface area contributed by atoms with Crippen molar-refractivity contribution in [1.29, 1.82) is 0 Å². The lowest BCUT2D eigenvalue weighted by Gasteiger charge is -2.04. The van der Waals surface area contributed by atoms with Gasteiger partial charge in [-0.3, -0.25) is 5.43 Å². The Balaban J connectivity index is 2.13. The maximum Gasteiger partial charge on any atom is 0.345 e. The fourth-order valence-electron chi connectivity index (χ4n) is 1.51. The highest BCUT2D eigenvalue weighted by atomic mass is 35.5. The molecule has 0 amide bonds. The monoisotopic (exact) mass is 308 g/mol. The number of thiophene rings is 1. The number of carboxylic acids is 1. The van der Waals surface area contributed by atoms with Crippen LogP contribution in [0.15, 0.2) is 35.4 Å². The number of aromatic carboxylic acids is 1. The molecule has 1 aromatic heterocycles. The zero-order valence-corrected chi connectivity index (χ0v) is 12.5. The minimum atomic E-state index is -0.924. The number of rotatable bonds is 4. The van der Waals surface area contributed by atoms with E-state index in [9.17, 15) is 4.79 Å². The molecule has 0 atom stereocenters. The summed E-state index contributed by atoms with van der Waals surface area (Å²) in [5.41, 5.74) is 5.42. The molecule has 1 heterocycles. The van der Waals surface area contributed by atoms with Crippen LogP contribution in [-0.4, -0.2) is 16.8 Å². The van der Waals surface area contributed by atoms with Gasteiger partial charge in [0.2, 0.25) is 0 Å². The van der Waals surface area contributed by atoms with Crippen LogP contribution in [0.25, 0.3) is 0 Å². The van der Waals surface area contributed by atoms with E-state index < -0.39 is 5.97 Å². The van der Waals surface area contributed by atoms with Gasteiger partial charge in [-0.2, -0.15) is 5.10 Å². The number of hydrogen-bond acceptors (Lipinski definition) is 4. The Labute approximate surface area is 125 Å². The van der Waals surface area contributed by atoms with Crippen LogP contribution in [0.5, 0.6) is 0 Å². The molecule has 0 saturated heterocycles. The van der Waals surface area contributed by atoms with Gasteiger partial charge < -0.3 is 5.11 Å². The number of nitrogens with one attached hydrogen (secondary N) is 1. The van der Waals surface area contributed by atoms with Crippen LogP contribution in [-0.2, 0) is 0 Å². The molecule has 6 heteroatoms. The average Bonchev–Trinajstić information content (AvgIpc) is 2.89. The molecule has 1 aromatic carbocycles. The number of hydrazone groups is 1. The summed E-state index contributed by atoms with van der Waals surface area (Å²) >= 11 is 7.23. The van der Waals surface area contributed by atoms with E-state index in [0.717, 1.165) is 21.8 Å². The van der Waals surface area contributed by atoms with Gasteiger partial charge in [-0.25, -0.2) is 4.79 Å². The fraction of sp³-hybridized carbons (Fsp3) is 0.143. The van der Waals surface area contributed by atoms with Crippen molar-refractivity contribution >= 4 is 40.3 Å². The summed E-state index contributed by atoms with van der Waals surface area (Å²) in [6.07, 6.45) is 0. The Kier molecular flexibility index (Phi) is 4.42.